The van der Waals surface area contributed by atoms with Crippen LogP contribution < -0.4 is 10.5 Å². The first-order valence-electron chi connectivity index (χ1n) is 5.47. The predicted octanol–water partition coefficient (Wildman–Crippen LogP) is 3.82. The van der Waals surface area contributed by atoms with Gasteiger partial charge in [0.1, 0.15) is 5.75 Å². The van der Waals surface area contributed by atoms with E-state index in [1.54, 1.807) is 17.5 Å². The third-order valence-electron chi connectivity index (χ3n) is 2.74. The maximum absolute atomic E-state index is 12.9. The van der Waals surface area contributed by atoms with Gasteiger partial charge in [-0.1, -0.05) is 18.2 Å². The zero-order valence-electron chi connectivity index (χ0n) is 10.1. The van der Waals surface area contributed by atoms with E-state index < -0.39 is 17.8 Å². The lowest BCUT2D eigenvalue weighted by Crippen LogP contribution is -2.17. The van der Waals surface area contributed by atoms with Crippen molar-refractivity contribution in [2.45, 2.75) is 12.2 Å². The van der Waals surface area contributed by atoms with Crippen LogP contribution in [0.5, 0.6) is 5.75 Å². The van der Waals surface area contributed by atoms with Gasteiger partial charge >= 0.3 is 6.18 Å². The summed E-state index contributed by atoms with van der Waals surface area (Å²) in [7, 11) is 1.50. The van der Waals surface area contributed by atoms with E-state index in [1.165, 1.54) is 30.6 Å². The van der Waals surface area contributed by atoms with Crippen molar-refractivity contribution in [1.82, 2.24) is 0 Å². The first-order valence-corrected chi connectivity index (χ1v) is 6.35. The number of ether oxygens (including phenoxy) is 1. The van der Waals surface area contributed by atoms with Gasteiger partial charge in [0.15, 0.2) is 0 Å². The average molecular weight is 287 g/mol. The molecule has 0 bridgehead atoms. The van der Waals surface area contributed by atoms with E-state index in [-0.39, 0.29) is 5.56 Å². The molecule has 0 radical (unpaired) electrons. The second kappa shape index (κ2) is 5.22. The summed E-state index contributed by atoms with van der Waals surface area (Å²) in [5.74, 6) is 0.597. The molecule has 0 saturated carbocycles. The number of methoxy groups -OCH3 is 1. The summed E-state index contributed by atoms with van der Waals surface area (Å²) in [5.41, 5.74) is 5.31. The van der Waals surface area contributed by atoms with Crippen molar-refractivity contribution in [1.29, 1.82) is 0 Å². The van der Waals surface area contributed by atoms with Crippen molar-refractivity contribution in [3.8, 4) is 5.75 Å². The van der Waals surface area contributed by atoms with Gasteiger partial charge in [0.25, 0.3) is 0 Å². The highest BCUT2D eigenvalue weighted by molar-refractivity contribution is 7.10. The summed E-state index contributed by atoms with van der Waals surface area (Å²) in [6.07, 6.45) is -4.41. The maximum Gasteiger partial charge on any atom is 0.416 e. The minimum atomic E-state index is -4.41. The summed E-state index contributed by atoms with van der Waals surface area (Å²) < 4.78 is 43.8. The first kappa shape index (κ1) is 13.9. The molecule has 1 aromatic heterocycles. The molecule has 1 aromatic carbocycles. The number of rotatable bonds is 3. The highest BCUT2D eigenvalue weighted by Crippen LogP contribution is 2.37. The monoisotopic (exact) mass is 287 g/mol. The lowest BCUT2D eigenvalue weighted by molar-refractivity contribution is -0.138. The van der Waals surface area contributed by atoms with Crippen molar-refractivity contribution in [2.24, 2.45) is 5.73 Å². The van der Waals surface area contributed by atoms with E-state index in [1.807, 2.05) is 0 Å². The Morgan fingerprint density at radius 3 is 2.53 bits per heavy atom. The van der Waals surface area contributed by atoms with Gasteiger partial charge in [-0.3, -0.25) is 0 Å². The van der Waals surface area contributed by atoms with E-state index in [2.05, 4.69) is 0 Å². The highest BCUT2D eigenvalue weighted by Gasteiger charge is 2.34. The molecular weight excluding hydrogens is 275 g/mol. The third kappa shape index (κ3) is 2.90. The van der Waals surface area contributed by atoms with Crippen LogP contribution in [0, 0.1) is 0 Å². The maximum atomic E-state index is 12.9. The van der Waals surface area contributed by atoms with Crippen LogP contribution >= 0.6 is 11.3 Å². The van der Waals surface area contributed by atoms with Crippen molar-refractivity contribution in [2.75, 3.05) is 7.11 Å². The number of alkyl halides is 3. The fraction of sp³-hybridized carbons (Fsp3) is 0.231. The van der Waals surface area contributed by atoms with Crippen LogP contribution in [0.1, 0.15) is 22.0 Å². The topological polar surface area (TPSA) is 35.2 Å². The Morgan fingerprint density at radius 2 is 1.95 bits per heavy atom. The molecule has 2 nitrogen and oxygen atoms in total. The lowest BCUT2D eigenvalue weighted by atomic mass is 9.99. The molecule has 6 heteroatoms. The molecule has 1 unspecified atom stereocenters. The van der Waals surface area contributed by atoms with Gasteiger partial charge in [-0.2, -0.15) is 13.2 Å². The second-order valence-corrected chi connectivity index (χ2v) is 4.89. The van der Waals surface area contributed by atoms with Gasteiger partial charge < -0.3 is 10.5 Å². The molecule has 0 amide bonds. The van der Waals surface area contributed by atoms with E-state index >= 15 is 0 Å². The molecule has 0 aliphatic heterocycles. The fourth-order valence-electron chi connectivity index (χ4n) is 1.78. The highest BCUT2D eigenvalue weighted by atomic mass is 32.1. The summed E-state index contributed by atoms with van der Waals surface area (Å²) >= 11 is 1.28. The first-order chi connectivity index (χ1) is 8.93. The molecule has 1 heterocycles. The number of benzene rings is 1. The number of nitrogens with two attached hydrogens (primary N) is 1. The van der Waals surface area contributed by atoms with Gasteiger partial charge in [-0.15, -0.1) is 11.3 Å². The van der Waals surface area contributed by atoms with E-state index in [0.717, 1.165) is 6.07 Å². The molecule has 19 heavy (non-hydrogen) atoms. The minimum Gasteiger partial charge on any atom is -0.496 e. The Balaban J connectivity index is 2.41. The van der Waals surface area contributed by atoms with Crippen molar-refractivity contribution < 1.29 is 17.9 Å². The van der Waals surface area contributed by atoms with E-state index in [0.29, 0.717) is 10.6 Å². The average Bonchev–Trinajstić information content (AvgIpc) is 2.85. The van der Waals surface area contributed by atoms with E-state index in [4.69, 9.17) is 10.5 Å². The van der Waals surface area contributed by atoms with Crippen molar-refractivity contribution in [3.05, 3.63) is 51.7 Å². The Morgan fingerprint density at radius 1 is 1.26 bits per heavy atom. The molecule has 0 fully saturated rings. The van der Waals surface area contributed by atoms with Crippen LogP contribution in [0.4, 0.5) is 13.2 Å². The smallest absolute Gasteiger partial charge is 0.416 e. The molecule has 2 rings (SSSR count). The molecule has 0 aliphatic carbocycles. The van der Waals surface area contributed by atoms with Gasteiger partial charge in [0.2, 0.25) is 0 Å². The van der Waals surface area contributed by atoms with Gasteiger partial charge in [0.05, 0.1) is 18.7 Å². The number of hydrogen-bond donors (Lipinski definition) is 1. The van der Waals surface area contributed by atoms with Crippen molar-refractivity contribution in [3.63, 3.8) is 0 Å². The molecule has 2 aromatic rings. The van der Waals surface area contributed by atoms with Gasteiger partial charge in [-0.05, 0) is 17.7 Å². The zero-order valence-corrected chi connectivity index (χ0v) is 10.9. The molecular formula is C13H12F3NOS. The Bertz CT molecular complexity index is 565. The standard InChI is InChI=1S/C13H12F3NOS/c1-18-8-6-11(19-7-8)12(17)9-4-2-3-5-10(9)13(14,15)16/h2-7,12H,17H2,1H3. The summed E-state index contributed by atoms with van der Waals surface area (Å²) in [5, 5.41) is 1.71. The van der Waals surface area contributed by atoms with Crippen LogP contribution in [0.25, 0.3) is 0 Å². The quantitative estimate of drug-likeness (QED) is 0.931. The molecule has 2 N–H and O–H groups in total. The SMILES string of the molecule is COc1csc(C(N)c2ccccc2C(F)(F)F)c1. The predicted molar refractivity (Wildman–Crippen MR) is 68.3 cm³/mol. The van der Waals surface area contributed by atoms with Crippen LogP contribution in [-0.4, -0.2) is 7.11 Å². The summed E-state index contributed by atoms with van der Waals surface area (Å²) in [6, 6.07) is 6.19. The third-order valence-corrected chi connectivity index (χ3v) is 3.73. The number of halogens is 3. The van der Waals surface area contributed by atoms with Crippen LogP contribution in [0.3, 0.4) is 0 Å². The van der Waals surface area contributed by atoms with Gasteiger partial charge in [-0.25, -0.2) is 0 Å². The Hall–Kier alpha value is -1.53. The number of thiophene rings is 1. The Labute approximate surface area is 112 Å². The largest absolute Gasteiger partial charge is 0.496 e. The molecule has 0 aliphatic rings. The Kier molecular flexibility index (Phi) is 3.82. The van der Waals surface area contributed by atoms with Crippen LogP contribution in [0.15, 0.2) is 35.7 Å². The van der Waals surface area contributed by atoms with E-state index in [9.17, 15) is 13.2 Å². The normalized spacial score (nSPS) is 13.3. The van der Waals surface area contributed by atoms with Crippen LogP contribution in [-0.2, 0) is 6.18 Å². The van der Waals surface area contributed by atoms with Gasteiger partial charge in [0, 0.05) is 10.3 Å². The lowest BCUT2D eigenvalue weighted by Gasteiger charge is -2.17. The zero-order chi connectivity index (χ0) is 14.0. The van der Waals surface area contributed by atoms with Crippen LogP contribution in [0.2, 0.25) is 0 Å². The van der Waals surface area contributed by atoms with Crippen molar-refractivity contribution >= 4 is 11.3 Å². The molecule has 1 atom stereocenters. The summed E-state index contributed by atoms with van der Waals surface area (Å²) in [4.78, 5) is 0.633. The fourth-order valence-corrected chi connectivity index (χ4v) is 2.66. The molecule has 0 spiro atoms. The molecule has 0 saturated heterocycles. The number of hydrogen-bond acceptors (Lipinski definition) is 3. The second-order valence-electron chi connectivity index (χ2n) is 3.95. The summed E-state index contributed by atoms with van der Waals surface area (Å²) in [6.45, 7) is 0. The molecule has 102 valence electrons. The minimum absolute atomic E-state index is 0.0690.